The van der Waals surface area contributed by atoms with Gasteiger partial charge >= 0.3 is 6.01 Å². The number of anilines is 1. The maximum absolute atomic E-state index is 13.0. The van der Waals surface area contributed by atoms with Crippen molar-refractivity contribution in [1.29, 1.82) is 0 Å². The zero-order chi connectivity index (χ0) is 21.3. The molecule has 4 rings (SSSR count). The molecule has 1 amide bonds. The average Bonchev–Trinajstić information content (AvgIpc) is 3.39. The monoisotopic (exact) mass is 434 g/mol. The topological polar surface area (TPSA) is 115 Å². The van der Waals surface area contributed by atoms with Crippen molar-refractivity contribution >= 4 is 21.9 Å². The number of sulfonamides is 1. The molecule has 30 heavy (non-hydrogen) atoms. The quantitative estimate of drug-likeness (QED) is 0.769. The van der Waals surface area contributed by atoms with E-state index in [9.17, 15) is 13.2 Å². The smallest absolute Gasteiger partial charge is 0.322 e. The Morgan fingerprint density at radius 3 is 2.47 bits per heavy atom. The van der Waals surface area contributed by atoms with Gasteiger partial charge in [0.25, 0.3) is 5.91 Å². The van der Waals surface area contributed by atoms with Crippen LogP contribution in [0.3, 0.4) is 0 Å². The second kappa shape index (κ2) is 8.44. The molecule has 2 aliphatic rings. The van der Waals surface area contributed by atoms with E-state index in [1.807, 2.05) is 0 Å². The Hall–Kier alpha value is -2.30. The molecule has 1 N–H and O–H groups in total. The number of amides is 1. The summed E-state index contributed by atoms with van der Waals surface area (Å²) >= 11 is 0. The largest absolute Gasteiger partial charge is 0.405 e. The first-order chi connectivity index (χ1) is 14.3. The van der Waals surface area contributed by atoms with Crippen molar-refractivity contribution in [2.24, 2.45) is 11.8 Å². The molecule has 0 unspecified atom stereocenters. The van der Waals surface area contributed by atoms with Crippen LogP contribution in [0.25, 0.3) is 0 Å². The van der Waals surface area contributed by atoms with E-state index in [1.165, 1.54) is 28.6 Å². The Morgan fingerprint density at radius 2 is 1.83 bits per heavy atom. The van der Waals surface area contributed by atoms with Crippen LogP contribution >= 0.6 is 0 Å². The highest BCUT2D eigenvalue weighted by molar-refractivity contribution is 7.89. The number of carbonyl (C=O) groups excluding carboxylic acids is 1. The van der Waals surface area contributed by atoms with Crippen LogP contribution in [0.1, 0.15) is 55.5 Å². The van der Waals surface area contributed by atoms with Gasteiger partial charge in [0.2, 0.25) is 15.9 Å². The SMILES string of the molecule is C[C@@H]1C[C@H](C)CN(S(=O)(=O)c2ccc(C(=O)Nc3nnc([C@H]4CCCO4)o3)cc2)C1. The number of carbonyl (C=O) groups is 1. The molecule has 0 radical (unpaired) electrons. The minimum absolute atomic E-state index is 0.0153. The van der Waals surface area contributed by atoms with Crippen LogP contribution in [-0.2, 0) is 14.8 Å². The third kappa shape index (κ3) is 4.40. The van der Waals surface area contributed by atoms with Gasteiger partial charge in [-0.05, 0) is 55.4 Å². The van der Waals surface area contributed by atoms with Gasteiger partial charge in [0.05, 0.1) is 4.90 Å². The number of nitrogens with one attached hydrogen (secondary N) is 1. The fourth-order valence-corrected chi connectivity index (χ4v) is 5.77. The zero-order valence-electron chi connectivity index (χ0n) is 17.1. The zero-order valence-corrected chi connectivity index (χ0v) is 17.9. The molecular formula is C20H26N4O5S. The molecule has 0 spiro atoms. The fraction of sp³-hybridized carbons (Fsp3) is 0.550. The maximum Gasteiger partial charge on any atom is 0.322 e. The molecule has 10 heteroatoms. The molecule has 162 valence electrons. The first kappa shape index (κ1) is 21.0. The summed E-state index contributed by atoms with van der Waals surface area (Å²) in [5.74, 6) is 0.529. The lowest BCUT2D eigenvalue weighted by Crippen LogP contribution is -2.42. The van der Waals surface area contributed by atoms with Gasteiger partial charge in [-0.2, -0.15) is 4.31 Å². The second-order valence-electron chi connectivity index (χ2n) is 8.19. The number of aromatic nitrogens is 2. The minimum atomic E-state index is -3.59. The molecule has 9 nitrogen and oxygen atoms in total. The van der Waals surface area contributed by atoms with Crippen molar-refractivity contribution in [3.8, 4) is 0 Å². The molecule has 3 atom stereocenters. The van der Waals surface area contributed by atoms with Crippen LogP contribution in [-0.4, -0.2) is 48.5 Å². The van der Waals surface area contributed by atoms with Crippen molar-refractivity contribution < 1.29 is 22.4 Å². The molecule has 2 aliphatic heterocycles. The van der Waals surface area contributed by atoms with E-state index in [2.05, 4.69) is 29.4 Å². The summed E-state index contributed by atoms with van der Waals surface area (Å²) in [5.41, 5.74) is 0.297. The van der Waals surface area contributed by atoms with Crippen LogP contribution in [0.2, 0.25) is 0 Å². The Labute approximate surface area is 175 Å². The van der Waals surface area contributed by atoms with E-state index in [-0.39, 0.29) is 17.0 Å². The van der Waals surface area contributed by atoms with Crippen molar-refractivity contribution in [2.75, 3.05) is 25.0 Å². The molecule has 0 aliphatic carbocycles. The number of ether oxygens (including phenoxy) is 1. The molecule has 2 aromatic rings. The summed E-state index contributed by atoms with van der Waals surface area (Å²) in [7, 11) is -3.59. The highest BCUT2D eigenvalue weighted by Crippen LogP contribution is 2.29. The fourth-order valence-electron chi connectivity index (χ4n) is 4.09. The highest BCUT2D eigenvalue weighted by atomic mass is 32.2. The van der Waals surface area contributed by atoms with Crippen LogP contribution in [0.4, 0.5) is 6.01 Å². The predicted octanol–water partition coefficient (Wildman–Crippen LogP) is 2.84. The van der Waals surface area contributed by atoms with Crippen molar-refractivity contribution in [3.05, 3.63) is 35.7 Å². The third-order valence-electron chi connectivity index (χ3n) is 5.46. The standard InChI is InChI=1S/C20H26N4O5S/c1-13-10-14(2)12-24(11-13)30(26,27)16-7-5-15(6-8-16)18(25)21-20-23-22-19(29-20)17-4-3-9-28-17/h5-8,13-14,17H,3-4,9-12H2,1-2H3,(H,21,23,25)/t13-,14+,17-/m1/s1. The lowest BCUT2D eigenvalue weighted by molar-refractivity contribution is 0.0893. The van der Waals surface area contributed by atoms with Crippen LogP contribution in [0, 0.1) is 11.8 Å². The van der Waals surface area contributed by atoms with E-state index in [0.29, 0.717) is 43.0 Å². The number of rotatable bonds is 5. The summed E-state index contributed by atoms with van der Waals surface area (Å²) in [6, 6.07) is 5.87. The first-order valence-electron chi connectivity index (χ1n) is 10.2. The predicted molar refractivity (Wildman–Crippen MR) is 108 cm³/mol. The molecular weight excluding hydrogens is 408 g/mol. The molecule has 0 saturated carbocycles. The minimum Gasteiger partial charge on any atom is -0.405 e. The Balaban J connectivity index is 1.43. The van der Waals surface area contributed by atoms with Crippen molar-refractivity contribution in [2.45, 2.75) is 44.1 Å². The van der Waals surface area contributed by atoms with Crippen LogP contribution in [0.15, 0.2) is 33.6 Å². The summed E-state index contributed by atoms with van der Waals surface area (Å²) < 4.78 is 38.4. The first-order valence-corrected chi connectivity index (χ1v) is 11.6. The van der Waals surface area contributed by atoms with E-state index in [1.54, 1.807) is 0 Å². The number of piperidine rings is 1. The van der Waals surface area contributed by atoms with Crippen LogP contribution < -0.4 is 5.32 Å². The second-order valence-corrected chi connectivity index (χ2v) is 10.1. The van der Waals surface area contributed by atoms with Crippen LogP contribution in [0.5, 0.6) is 0 Å². The van der Waals surface area contributed by atoms with Gasteiger partial charge in [-0.15, -0.1) is 5.10 Å². The van der Waals surface area contributed by atoms with E-state index >= 15 is 0 Å². The van der Waals surface area contributed by atoms with Crippen molar-refractivity contribution in [1.82, 2.24) is 14.5 Å². The Kier molecular flexibility index (Phi) is 5.90. The summed E-state index contributed by atoms with van der Waals surface area (Å²) in [5, 5.41) is 10.3. The number of hydrogen-bond acceptors (Lipinski definition) is 7. The molecule has 3 heterocycles. The van der Waals surface area contributed by atoms with E-state index in [4.69, 9.17) is 9.15 Å². The maximum atomic E-state index is 13.0. The Morgan fingerprint density at radius 1 is 1.13 bits per heavy atom. The molecule has 2 fully saturated rings. The lowest BCUT2D eigenvalue weighted by Gasteiger charge is -2.34. The van der Waals surface area contributed by atoms with Gasteiger partial charge in [-0.1, -0.05) is 18.9 Å². The lowest BCUT2D eigenvalue weighted by atomic mass is 9.94. The summed E-state index contributed by atoms with van der Waals surface area (Å²) in [6.45, 7) is 5.80. The molecule has 1 aromatic carbocycles. The Bertz CT molecular complexity index is 988. The van der Waals surface area contributed by atoms with Gasteiger partial charge < -0.3 is 9.15 Å². The molecule has 0 bridgehead atoms. The van der Waals surface area contributed by atoms with Gasteiger partial charge in [0.15, 0.2) is 0 Å². The van der Waals surface area contributed by atoms with E-state index in [0.717, 1.165) is 19.3 Å². The third-order valence-corrected chi connectivity index (χ3v) is 7.30. The number of nitrogens with zero attached hydrogens (tertiary/aromatic N) is 3. The summed E-state index contributed by atoms with van der Waals surface area (Å²) in [4.78, 5) is 12.6. The van der Waals surface area contributed by atoms with Gasteiger partial charge in [-0.3, -0.25) is 10.1 Å². The average molecular weight is 435 g/mol. The highest BCUT2D eigenvalue weighted by Gasteiger charge is 2.31. The summed E-state index contributed by atoms with van der Waals surface area (Å²) in [6.07, 6.45) is 2.53. The van der Waals surface area contributed by atoms with E-state index < -0.39 is 15.9 Å². The number of hydrogen-bond donors (Lipinski definition) is 1. The normalized spacial score (nSPS) is 25.3. The van der Waals surface area contributed by atoms with Crippen molar-refractivity contribution in [3.63, 3.8) is 0 Å². The van der Waals surface area contributed by atoms with Gasteiger partial charge in [-0.25, -0.2) is 8.42 Å². The molecule has 2 saturated heterocycles. The van der Waals surface area contributed by atoms with Gasteiger partial charge in [0.1, 0.15) is 6.10 Å². The molecule has 1 aromatic heterocycles. The number of benzene rings is 1. The van der Waals surface area contributed by atoms with Gasteiger partial charge in [0, 0.05) is 25.3 Å².